The maximum Gasteiger partial charge on any atom is 0.210 e. The molecule has 3 rings (SSSR count). The third kappa shape index (κ3) is 8.29. The first-order valence-electron chi connectivity index (χ1n) is 14.8. The van der Waals surface area contributed by atoms with E-state index in [9.17, 15) is 5.53 Å². The molecule has 0 atom stereocenters. The molecule has 0 spiro atoms. The van der Waals surface area contributed by atoms with Gasteiger partial charge in [0.1, 0.15) is 0 Å². The fourth-order valence-corrected chi connectivity index (χ4v) is 5.22. The summed E-state index contributed by atoms with van der Waals surface area (Å²) >= 11 is 0. The Labute approximate surface area is 221 Å². The van der Waals surface area contributed by atoms with E-state index in [1.54, 1.807) is 0 Å². The number of allylic oxidation sites excluding steroid dienone is 2. The number of nitrogens with zero attached hydrogens (tertiary/aromatic N) is 2. The molecule has 2 nitrogen and oxygen atoms in total. The number of hydrogen-bond donors (Lipinski definition) is 0. The first-order valence-corrected chi connectivity index (χ1v) is 14.8. The average Bonchev–Trinajstić information content (AvgIpc) is 3.25. The van der Waals surface area contributed by atoms with Crippen molar-refractivity contribution in [3.05, 3.63) is 88.0 Å². The summed E-state index contributed by atoms with van der Waals surface area (Å²) in [5, 5.41) is 0. The minimum Gasteiger partial charge on any atom is -0.493 e. The normalized spacial score (nSPS) is 13.5. The highest BCUT2D eigenvalue weighted by Crippen LogP contribution is 2.36. The summed E-state index contributed by atoms with van der Waals surface area (Å²) in [7, 11) is 0. The minimum absolute atomic E-state index is 0.879. The largest absolute Gasteiger partial charge is 0.493 e. The Balaban J connectivity index is 1.55. The smallest absolute Gasteiger partial charge is 0.210 e. The molecule has 0 aliphatic carbocycles. The van der Waals surface area contributed by atoms with Crippen LogP contribution in [0.3, 0.4) is 0 Å². The van der Waals surface area contributed by atoms with E-state index in [4.69, 9.17) is 0 Å². The molecule has 2 heteroatoms. The second kappa shape index (κ2) is 15.6. The molecule has 2 aromatic carbocycles. The molecule has 1 heterocycles. The van der Waals surface area contributed by atoms with Crippen LogP contribution in [0, 0.1) is 0 Å². The fourth-order valence-electron chi connectivity index (χ4n) is 5.22. The van der Waals surface area contributed by atoms with E-state index in [2.05, 4.69) is 75.4 Å². The van der Waals surface area contributed by atoms with Crippen LogP contribution in [0.1, 0.15) is 126 Å². The van der Waals surface area contributed by atoms with Crippen LogP contribution in [-0.2, 0) is 12.8 Å². The van der Waals surface area contributed by atoms with Crippen molar-refractivity contribution in [3.8, 4) is 0 Å². The van der Waals surface area contributed by atoms with Crippen molar-refractivity contribution in [2.75, 3.05) is 0 Å². The molecular formula is C34H48N2. The summed E-state index contributed by atoms with van der Waals surface area (Å²) < 4.78 is 1.41. The number of benzene rings is 2. The van der Waals surface area contributed by atoms with Gasteiger partial charge in [-0.15, -0.1) is 0 Å². The third-order valence-corrected chi connectivity index (χ3v) is 7.55. The van der Waals surface area contributed by atoms with Crippen molar-refractivity contribution < 1.29 is 4.70 Å². The van der Waals surface area contributed by atoms with E-state index < -0.39 is 0 Å². The quantitative estimate of drug-likeness (QED) is 0.158. The van der Waals surface area contributed by atoms with Gasteiger partial charge in [-0.1, -0.05) is 109 Å². The second-order valence-corrected chi connectivity index (χ2v) is 10.5. The van der Waals surface area contributed by atoms with Crippen molar-refractivity contribution >= 4 is 11.4 Å². The van der Waals surface area contributed by atoms with Crippen molar-refractivity contribution in [2.45, 2.75) is 117 Å². The molecule has 1 aliphatic rings. The highest BCUT2D eigenvalue weighted by molar-refractivity contribution is 5.78. The van der Waals surface area contributed by atoms with E-state index in [0.717, 1.165) is 41.8 Å². The molecule has 2 aromatic rings. The van der Waals surface area contributed by atoms with Gasteiger partial charge in [-0.25, -0.2) is 4.70 Å². The van der Waals surface area contributed by atoms with Crippen LogP contribution in [-0.4, -0.2) is 4.70 Å². The first-order chi connectivity index (χ1) is 17.7. The van der Waals surface area contributed by atoms with E-state index in [1.165, 1.54) is 98.4 Å². The zero-order chi connectivity index (χ0) is 25.6. The monoisotopic (exact) mass is 484 g/mol. The molecule has 194 valence electrons. The van der Waals surface area contributed by atoms with Gasteiger partial charge in [0.15, 0.2) is 0 Å². The van der Waals surface area contributed by atoms with Crippen LogP contribution >= 0.6 is 0 Å². The Kier molecular flexibility index (Phi) is 12.2. The summed E-state index contributed by atoms with van der Waals surface area (Å²) in [6, 6.07) is 17.6. The van der Waals surface area contributed by atoms with Gasteiger partial charge in [0, 0.05) is 22.8 Å². The molecule has 0 N–H and O–H groups in total. The van der Waals surface area contributed by atoms with Crippen molar-refractivity contribution in [3.63, 3.8) is 0 Å². The molecule has 0 bridgehead atoms. The van der Waals surface area contributed by atoms with Gasteiger partial charge in [0.25, 0.3) is 0 Å². The van der Waals surface area contributed by atoms with E-state index >= 15 is 0 Å². The topological polar surface area (TPSA) is 25.3 Å². The summed E-state index contributed by atoms with van der Waals surface area (Å²) in [5.41, 5.74) is 19.1. The van der Waals surface area contributed by atoms with E-state index in [-0.39, 0.29) is 0 Å². The lowest BCUT2D eigenvalue weighted by Crippen LogP contribution is -2.02. The van der Waals surface area contributed by atoms with E-state index in [1.807, 2.05) is 0 Å². The Bertz CT molecular complexity index is 992. The summed E-state index contributed by atoms with van der Waals surface area (Å²) in [6.07, 6.45) is 21.3. The van der Waals surface area contributed by atoms with Gasteiger partial charge in [-0.05, 0) is 67.5 Å². The SMILES string of the molecule is CCCCCCCCc1ccc(C2=CC(CC)=C(c3ccc(CCCCCCCC)cc3)[N+]2=[N-])cc1. The lowest BCUT2D eigenvalue weighted by Gasteiger charge is -2.11. The van der Waals surface area contributed by atoms with Gasteiger partial charge in [-0.3, -0.25) is 0 Å². The van der Waals surface area contributed by atoms with Crippen molar-refractivity contribution in [2.24, 2.45) is 0 Å². The Hall–Kier alpha value is -2.48. The minimum atomic E-state index is 0.879. The lowest BCUT2D eigenvalue weighted by atomic mass is 10.0. The zero-order valence-electron chi connectivity index (χ0n) is 23.2. The summed E-state index contributed by atoms with van der Waals surface area (Å²) in [4.78, 5) is 0. The van der Waals surface area contributed by atoms with Crippen molar-refractivity contribution in [1.29, 1.82) is 0 Å². The van der Waals surface area contributed by atoms with Gasteiger partial charge in [-0.2, -0.15) is 0 Å². The van der Waals surface area contributed by atoms with Gasteiger partial charge < -0.3 is 5.53 Å². The summed E-state index contributed by atoms with van der Waals surface area (Å²) in [5.74, 6) is 0. The predicted octanol–water partition coefficient (Wildman–Crippen LogP) is 10.7. The van der Waals surface area contributed by atoms with Gasteiger partial charge >= 0.3 is 0 Å². The van der Waals surface area contributed by atoms with Gasteiger partial charge in [0.05, 0.1) is 0 Å². The molecular weight excluding hydrogens is 436 g/mol. The molecule has 0 fully saturated rings. The molecule has 0 saturated heterocycles. The fraction of sp³-hybridized carbons (Fsp3) is 0.529. The van der Waals surface area contributed by atoms with Crippen LogP contribution in [0.2, 0.25) is 0 Å². The molecule has 36 heavy (non-hydrogen) atoms. The molecule has 0 saturated carbocycles. The Morgan fingerprint density at radius 1 is 0.556 bits per heavy atom. The standard InChI is InChI=1S/C34H48N2/c1-4-7-9-11-13-15-17-28-19-23-31(24-20-28)33-27-30(6-3)34(36(33)35)32-25-21-29(22-26-32)18-16-14-12-10-8-5-2/h19-27H,4-18H2,1-3H3. The molecule has 0 unspecified atom stereocenters. The highest BCUT2D eigenvalue weighted by atomic mass is 15.2. The zero-order valence-corrected chi connectivity index (χ0v) is 23.2. The Morgan fingerprint density at radius 3 is 1.47 bits per heavy atom. The first kappa shape index (κ1) is 28.1. The van der Waals surface area contributed by atoms with Gasteiger partial charge in [0.2, 0.25) is 11.4 Å². The van der Waals surface area contributed by atoms with Crippen LogP contribution in [0.5, 0.6) is 0 Å². The maximum atomic E-state index is 11.2. The number of rotatable bonds is 17. The average molecular weight is 485 g/mol. The number of unbranched alkanes of at least 4 members (excludes halogenated alkanes) is 10. The van der Waals surface area contributed by atoms with Crippen LogP contribution in [0.25, 0.3) is 16.9 Å². The van der Waals surface area contributed by atoms with Crippen LogP contribution in [0.4, 0.5) is 0 Å². The predicted molar refractivity (Wildman–Crippen MR) is 156 cm³/mol. The van der Waals surface area contributed by atoms with E-state index in [0.29, 0.717) is 0 Å². The maximum absolute atomic E-state index is 11.2. The Morgan fingerprint density at radius 2 is 1.00 bits per heavy atom. The third-order valence-electron chi connectivity index (χ3n) is 7.55. The number of hydrogen-bond acceptors (Lipinski definition) is 0. The second-order valence-electron chi connectivity index (χ2n) is 10.5. The molecule has 1 aliphatic heterocycles. The summed E-state index contributed by atoms with van der Waals surface area (Å²) in [6.45, 7) is 6.70. The molecule has 0 amide bonds. The van der Waals surface area contributed by atoms with Crippen molar-refractivity contribution in [1.82, 2.24) is 0 Å². The van der Waals surface area contributed by atoms with Crippen LogP contribution < -0.4 is 0 Å². The number of aryl methyl sites for hydroxylation is 2. The lowest BCUT2D eigenvalue weighted by molar-refractivity contribution is -0.344. The van der Waals surface area contributed by atoms with Crippen LogP contribution in [0.15, 0.2) is 60.2 Å². The molecule has 0 aromatic heterocycles. The molecule has 0 radical (unpaired) electrons. The highest BCUT2D eigenvalue weighted by Gasteiger charge is 2.27.